The van der Waals surface area contributed by atoms with E-state index in [0.717, 1.165) is 0 Å². The van der Waals surface area contributed by atoms with E-state index in [1.807, 2.05) is 0 Å². The first kappa shape index (κ1) is 13.9. The van der Waals surface area contributed by atoms with E-state index in [1.165, 1.54) is 19.1 Å². The molecule has 1 amide bonds. The van der Waals surface area contributed by atoms with Crippen LogP contribution < -0.4 is 5.32 Å². The summed E-state index contributed by atoms with van der Waals surface area (Å²) in [5.41, 5.74) is 1.68. The first-order valence-corrected chi connectivity index (χ1v) is 6.20. The Balaban J connectivity index is 2.08. The number of halogens is 1. The van der Waals surface area contributed by atoms with Crippen molar-refractivity contribution in [2.75, 3.05) is 5.32 Å². The fourth-order valence-corrected chi connectivity index (χ4v) is 1.88. The normalized spacial score (nSPS) is 10.1. The van der Waals surface area contributed by atoms with Gasteiger partial charge in [-0.25, -0.2) is 4.39 Å². The van der Waals surface area contributed by atoms with Gasteiger partial charge < -0.3 is 5.32 Å². The molecular weight excluding hydrogens is 257 g/mol. The highest BCUT2D eigenvalue weighted by Crippen LogP contribution is 2.16. The van der Waals surface area contributed by atoms with Crippen LogP contribution in [0.3, 0.4) is 0 Å². The molecular formula is C16H14FNO2. The lowest BCUT2D eigenvalue weighted by Gasteiger charge is -2.09. The van der Waals surface area contributed by atoms with E-state index in [9.17, 15) is 14.0 Å². The second-order valence-electron chi connectivity index (χ2n) is 4.45. The fourth-order valence-electron chi connectivity index (χ4n) is 1.88. The Labute approximate surface area is 116 Å². The van der Waals surface area contributed by atoms with Crippen molar-refractivity contribution in [3.05, 3.63) is 65.5 Å². The molecule has 0 bridgehead atoms. The molecule has 0 aromatic heterocycles. The van der Waals surface area contributed by atoms with E-state index in [1.54, 1.807) is 36.4 Å². The van der Waals surface area contributed by atoms with Gasteiger partial charge in [-0.3, -0.25) is 9.59 Å². The first-order valence-electron chi connectivity index (χ1n) is 6.20. The Hall–Kier alpha value is -2.49. The summed E-state index contributed by atoms with van der Waals surface area (Å²) >= 11 is 0. The van der Waals surface area contributed by atoms with Crippen LogP contribution in [0.2, 0.25) is 0 Å². The van der Waals surface area contributed by atoms with E-state index in [2.05, 4.69) is 5.32 Å². The zero-order chi connectivity index (χ0) is 14.5. The molecule has 0 radical (unpaired) electrons. The number of anilines is 1. The fraction of sp³-hybridized carbons (Fsp3) is 0.125. The van der Waals surface area contributed by atoms with Gasteiger partial charge in [0.1, 0.15) is 5.82 Å². The van der Waals surface area contributed by atoms with Gasteiger partial charge in [-0.1, -0.05) is 24.3 Å². The van der Waals surface area contributed by atoms with Crippen molar-refractivity contribution in [2.24, 2.45) is 0 Å². The monoisotopic (exact) mass is 271 g/mol. The predicted octanol–water partition coefficient (Wildman–Crippen LogP) is 3.21. The Bertz CT molecular complexity index is 635. The van der Waals surface area contributed by atoms with Gasteiger partial charge in [0.2, 0.25) is 5.91 Å². The quantitative estimate of drug-likeness (QED) is 0.868. The number of hydrogen-bond acceptors (Lipinski definition) is 2. The molecule has 3 nitrogen and oxygen atoms in total. The van der Waals surface area contributed by atoms with Crippen molar-refractivity contribution in [3.8, 4) is 0 Å². The molecule has 0 atom stereocenters. The third kappa shape index (κ3) is 3.51. The standard InChI is InChI=1S/C16H14FNO2/c1-11(19)14-4-2-3-5-15(14)18-16(20)10-12-6-8-13(17)9-7-12/h2-9H,10H2,1H3,(H,18,20). The maximum Gasteiger partial charge on any atom is 0.228 e. The molecule has 2 aromatic rings. The van der Waals surface area contributed by atoms with Crippen LogP contribution in [0, 0.1) is 5.82 Å². The molecule has 0 unspecified atom stereocenters. The van der Waals surface area contributed by atoms with E-state index in [-0.39, 0.29) is 23.9 Å². The zero-order valence-corrected chi connectivity index (χ0v) is 11.0. The van der Waals surface area contributed by atoms with Crippen LogP contribution in [0.4, 0.5) is 10.1 Å². The van der Waals surface area contributed by atoms with Gasteiger partial charge in [-0.05, 0) is 36.8 Å². The highest BCUT2D eigenvalue weighted by molar-refractivity contribution is 6.03. The Morgan fingerprint density at radius 2 is 1.70 bits per heavy atom. The molecule has 0 fully saturated rings. The number of nitrogens with one attached hydrogen (secondary N) is 1. The maximum atomic E-state index is 12.8. The molecule has 102 valence electrons. The molecule has 2 aromatic carbocycles. The zero-order valence-electron chi connectivity index (χ0n) is 11.0. The predicted molar refractivity (Wildman–Crippen MR) is 75.2 cm³/mol. The van der Waals surface area contributed by atoms with E-state index in [0.29, 0.717) is 16.8 Å². The summed E-state index contributed by atoms with van der Waals surface area (Å²) in [6.07, 6.45) is 0.131. The number of carbonyl (C=O) groups excluding carboxylic acids is 2. The third-order valence-electron chi connectivity index (χ3n) is 2.86. The summed E-state index contributed by atoms with van der Waals surface area (Å²) < 4.78 is 12.8. The van der Waals surface area contributed by atoms with Crippen molar-refractivity contribution in [3.63, 3.8) is 0 Å². The summed E-state index contributed by atoms with van der Waals surface area (Å²) in [4.78, 5) is 23.4. The summed E-state index contributed by atoms with van der Waals surface area (Å²) in [5, 5.41) is 2.70. The molecule has 0 aliphatic heterocycles. The third-order valence-corrected chi connectivity index (χ3v) is 2.86. The SMILES string of the molecule is CC(=O)c1ccccc1NC(=O)Cc1ccc(F)cc1. The summed E-state index contributed by atoms with van der Waals surface area (Å²) in [7, 11) is 0. The topological polar surface area (TPSA) is 46.2 Å². The second-order valence-corrected chi connectivity index (χ2v) is 4.45. The Kier molecular flexibility index (Phi) is 4.25. The minimum absolute atomic E-state index is 0.109. The van der Waals surface area contributed by atoms with Crippen LogP contribution in [0.5, 0.6) is 0 Å². The molecule has 0 heterocycles. The van der Waals surface area contributed by atoms with Crippen LogP contribution in [0.1, 0.15) is 22.8 Å². The van der Waals surface area contributed by atoms with E-state index in [4.69, 9.17) is 0 Å². The number of carbonyl (C=O) groups is 2. The van der Waals surface area contributed by atoms with Gasteiger partial charge in [-0.15, -0.1) is 0 Å². The van der Waals surface area contributed by atoms with Gasteiger partial charge in [0.05, 0.1) is 12.1 Å². The number of ketones is 1. The summed E-state index contributed by atoms with van der Waals surface area (Å²) in [6, 6.07) is 12.6. The first-order chi connectivity index (χ1) is 9.56. The van der Waals surface area contributed by atoms with Crippen LogP contribution in [-0.4, -0.2) is 11.7 Å². The number of hydrogen-bond donors (Lipinski definition) is 1. The molecule has 2 rings (SSSR count). The molecule has 0 saturated heterocycles. The average Bonchev–Trinajstić information content (AvgIpc) is 2.41. The van der Waals surface area contributed by atoms with Crippen molar-refractivity contribution < 1.29 is 14.0 Å². The smallest absolute Gasteiger partial charge is 0.228 e. The molecule has 0 aliphatic rings. The number of rotatable bonds is 4. The highest BCUT2D eigenvalue weighted by atomic mass is 19.1. The van der Waals surface area contributed by atoms with Crippen molar-refractivity contribution in [1.82, 2.24) is 0 Å². The number of benzene rings is 2. The maximum absolute atomic E-state index is 12.8. The van der Waals surface area contributed by atoms with Crippen molar-refractivity contribution >= 4 is 17.4 Å². The van der Waals surface area contributed by atoms with Gasteiger partial charge in [-0.2, -0.15) is 0 Å². The van der Waals surface area contributed by atoms with Crippen LogP contribution in [0.25, 0.3) is 0 Å². The largest absolute Gasteiger partial charge is 0.325 e. The minimum Gasteiger partial charge on any atom is -0.325 e. The van der Waals surface area contributed by atoms with E-state index < -0.39 is 0 Å². The molecule has 20 heavy (non-hydrogen) atoms. The summed E-state index contributed by atoms with van der Waals surface area (Å²) in [6.45, 7) is 1.45. The van der Waals surface area contributed by atoms with Gasteiger partial charge in [0.25, 0.3) is 0 Å². The van der Waals surface area contributed by atoms with Crippen LogP contribution >= 0.6 is 0 Å². The van der Waals surface area contributed by atoms with Gasteiger partial charge in [0, 0.05) is 5.56 Å². The van der Waals surface area contributed by atoms with Crippen LogP contribution in [0.15, 0.2) is 48.5 Å². The molecule has 0 aliphatic carbocycles. The lowest BCUT2D eigenvalue weighted by atomic mass is 10.1. The molecule has 1 N–H and O–H groups in total. The van der Waals surface area contributed by atoms with E-state index >= 15 is 0 Å². The molecule has 4 heteroatoms. The number of amides is 1. The minimum atomic E-state index is -0.337. The van der Waals surface area contributed by atoms with Gasteiger partial charge >= 0.3 is 0 Å². The lowest BCUT2D eigenvalue weighted by Crippen LogP contribution is -2.16. The highest BCUT2D eigenvalue weighted by Gasteiger charge is 2.10. The van der Waals surface area contributed by atoms with Crippen LogP contribution in [-0.2, 0) is 11.2 Å². The Morgan fingerprint density at radius 1 is 1.05 bits per heavy atom. The van der Waals surface area contributed by atoms with Gasteiger partial charge in [0.15, 0.2) is 5.78 Å². The average molecular weight is 271 g/mol. The molecule has 0 saturated carbocycles. The number of para-hydroxylation sites is 1. The summed E-state index contributed by atoms with van der Waals surface area (Å²) in [5.74, 6) is -0.691. The number of Topliss-reactive ketones (excluding diaryl/α,β-unsaturated/α-hetero) is 1. The lowest BCUT2D eigenvalue weighted by molar-refractivity contribution is -0.115. The van der Waals surface area contributed by atoms with Crippen molar-refractivity contribution in [1.29, 1.82) is 0 Å². The van der Waals surface area contributed by atoms with Crippen molar-refractivity contribution in [2.45, 2.75) is 13.3 Å². The molecule has 0 spiro atoms. The second kappa shape index (κ2) is 6.10. The Morgan fingerprint density at radius 3 is 2.35 bits per heavy atom.